The van der Waals surface area contributed by atoms with Gasteiger partial charge in [0.2, 0.25) is 0 Å². The van der Waals surface area contributed by atoms with Crippen molar-refractivity contribution >= 4 is 11.3 Å². The Balaban J connectivity index is 2.34. The zero-order chi connectivity index (χ0) is 14.6. The van der Waals surface area contributed by atoms with Gasteiger partial charge in [0.25, 0.3) is 0 Å². The van der Waals surface area contributed by atoms with Crippen molar-refractivity contribution in [2.45, 2.75) is 71.4 Å². The van der Waals surface area contributed by atoms with Crippen LogP contribution in [0.1, 0.15) is 75.0 Å². The second kappa shape index (κ2) is 7.01. The zero-order valence-corrected chi connectivity index (χ0v) is 14.1. The third-order valence-corrected chi connectivity index (χ3v) is 5.67. The van der Waals surface area contributed by atoms with E-state index in [-0.39, 0.29) is 5.60 Å². The molecule has 0 spiro atoms. The number of rotatable bonds is 7. The van der Waals surface area contributed by atoms with Gasteiger partial charge in [0.05, 0.1) is 11.7 Å². The van der Waals surface area contributed by atoms with Crippen LogP contribution in [0.5, 0.6) is 0 Å². The lowest BCUT2D eigenvalue weighted by Gasteiger charge is -2.29. The maximum Gasteiger partial charge on any atom is 0.125 e. The maximum atomic E-state index is 6.11. The van der Waals surface area contributed by atoms with Crippen molar-refractivity contribution in [3.63, 3.8) is 0 Å². The number of ether oxygens (including phenoxy) is 1. The van der Waals surface area contributed by atoms with Gasteiger partial charge in [0.15, 0.2) is 0 Å². The van der Waals surface area contributed by atoms with Crippen LogP contribution >= 0.6 is 11.3 Å². The summed E-state index contributed by atoms with van der Waals surface area (Å²) in [5.74, 6) is 0. The van der Waals surface area contributed by atoms with E-state index in [0.717, 1.165) is 26.0 Å². The molecule has 0 saturated carbocycles. The van der Waals surface area contributed by atoms with E-state index in [1.165, 1.54) is 34.8 Å². The molecule has 4 heteroatoms. The Bertz CT molecular complexity index is 426. The summed E-state index contributed by atoms with van der Waals surface area (Å²) in [5, 5.41) is 4.77. The number of aryl methyl sites for hydroxylation is 1. The standard InChI is InChI=1S/C16H28N2OS/c1-5-16(6-2,19-8-4)15-18-14-12(17-7-3)10-9-11-13(14)20-15/h12,17H,5-11H2,1-4H3. The molecular weight excluding hydrogens is 268 g/mol. The quantitative estimate of drug-likeness (QED) is 0.819. The van der Waals surface area contributed by atoms with Crippen molar-refractivity contribution < 1.29 is 4.74 Å². The molecular formula is C16H28N2OS. The summed E-state index contributed by atoms with van der Waals surface area (Å²) >= 11 is 1.88. The summed E-state index contributed by atoms with van der Waals surface area (Å²) in [6, 6.07) is 0.446. The van der Waals surface area contributed by atoms with Crippen molar-refractivity contribution in [1.29, 1.82) is 0 Å². The van der Waals surface area contributed by atoms with Crippen LogP contribution < -0.4 is 5.32 Å². The molecule has 1 aromatic heterocycles. The molecule has 1 N–H and O–H groups in total. The average Bonchev–Trinajstić information content (AvgIpc) is 2.91. The Morgan fingerprint density at radius 2 is 2.05 bits per heavy atom. The molecule has 1 aliphatic carbocycles. The van der Waals surface area contributed by atoms with E-state index in [1.807, 2.05) is 11.3 Å². The second-order valence-electron chi connectivity index (χ2n) is 5.46. The van der Waals surface area contributed by atoms with Gasteiger partial charge in [-0.05, 0) is 45.6 Å². The van der Waals surface area contributed by atoms with E-state index < -0.39 is 0 Å². The van der Waals surface area contributed by atoms with Gasteiger partial charge in [0.1, 0.15) is 10.6 Å². The molecule has 0 aromatic carbocycles. The molecule has 1 unspecified atom stereocenters. The average molecular weight is 296 g/mol. The summed E-state index contributed by atoms with van der Waals surface area (Å²) in [4.78, 5) is 6.49. The number of fused-ring (bicyclic) bond motifs is 1. The number of nitrogens with one attached hydrogen (secondary N) is 1. The highest BCUT2D eigenvalue weighted by Crippen LogP contribution is 2.41. The van der Waals surface area contributed by atoms with E-state index in [9.17, 15) is 0 Å². The predicted octanol–water partition coefficient (Wildman–Crippen LogP) is 4.18. The Morgan fingerprint density at radius 1 is 1.30 bits per heavy atom. The molecule has 1 atom stereocenters. The van der Waals surface area contributed by atoms with E-state index in [4.69, 9.17) is 9.72 Å². The van der Waals surface area contributed by atoms with Crippen LogP contribution in [0, 0.1) is 0 Å². The number of thiazole rings is 1. The van der Waals surface area contributed by atoms with E-state index in [1.54, 1.807) is 0 Å². The normalized spacial score (nSPS) is 19.1. The molecule has 1 aliphatic rings. The fraction of sp³-hybridized carbons (Fsp3) is 0.812. The van der Waals surface area contributed by atoms with Gasteiger partial charge >= 0.3 is 0 Å². The van der Waals surface area contributed by atoms with Crippen LogP contribution in [-0.2, 0) is 16.8 Å². The summed E-state index contributed by atoms with van der Waals surface area (Å²) in [5.41, 5.74) is 1.12. The minimum absolute atomic E-state index is 0.173. The Kier molecular flexibility index (Phi) is 5.58. The molecule has 20 heavy (non-hydrogen) atoms. The molecule has 1 heterocycles. The first kappa shape index (κ1) is 15.9. The first-order valence-corrected chi connectivity index (χ1v) is 8.89. The largest absolute Gasteiger partial charge is 0.368 e. The predicted molar refractivity (Wildman–Crippen MR) is 85.4 cm³/mol. The van der Waals surface area contributed by atoms with Crippen molar-refractivity contribution in [3.8, 4) is 0 Å². The Labute approximate surface area is 127 Å². The van der Waals surface area contributed by atoms with Gasteiger partial charge in [0, 0.05) is 11.5 Å². The van der Waals surface area contributed by atoms with Crippen molar-refractivity contribution in [2.75, 3.05) is 13.2 Å². The van der Waals surface area contributed by atoms with Crippen LogP contribution in [-0.4, -0.2) is 18.1 Å². The van der Waals surface area contributed by atoms with Crippen LogP contribution in [0.4, 0.5) is 0 Å². The molecule has 1 aromatic rings. The number of aromatic nitrogens is 1. The van der Waals surface area contributed by atoms with Gasteiger partial charge in [-0.1, -0.05) is 20.8 Å². The molecule has 0 radical (unpaired) electrons. The first-order chi connectivity index (χ1) is 9.70. The Morgan fingerprint density at radius 3 is 2.65 bits per heavy atom. The molecule has 0 amide bonds. The molecule has 3 nitrogen and oxygen atoms in total. The second-order valence-corrected chi connectivity index (χ2v) is 6.55. The Hall–Kier alpha value is -0.450. The number of nitrogens with zero attached hydrogens (tertiary/aromatic N) is 1. The van der Waals surface area contributed by atoms with Crippen molar-refractivity contribution in [1.82, 2.24) is 10.3 Å². The van der Waals surface area contributed by atoms with Crippen LogP contribution in [0.2, 0.25) is 0 Å². The smallest absolute Gasteiger partial charge is 0.125 e. The van der Waals surface area contributed by atoms with Gasteiger partial charge in [-0.3, -0.25) is 0 Å². The van der Waals surface area contributed by atoms with Gasteiger partial charge < -0.3 is 10.1 Å². The zero-order valence-electron chi connectivity index (χ0n) is 13.3. The minimum Gasteiger partial charge on any atom is -0.368 e. The monoisotopic (exact) mass is 296 g/mol. The summed E-state index contributed by atoms with van der Waals surface area (Å²) in [6.07, 6.45) is 5.66. The molecule has 0 saturated heterocycles. The number of hydrogen-bond donors (Lipinski definition) is 1. The lowest BCUT2D eigenvalue weighted by atomic mass is 9.96. The highest BCUT2D eigenvalue weighted by molar-refractivity contribution is 7.11. The minimum atomic E-state index is -0.173. The first-order valence-electron chi connectivity index (χ1n) is 8.08. The molecule has 0 aliphatic heterocycles. The molecule has 114 valence electrons. The molecule has 0 fully saturated rings. The van der Waals surface area contributed by atoms with Crippen LogP contribution in [0.25, 0.3) is 0 Å². The topological polar surface area (TPSA) is 34.1 Å². The third-order valence-electron chi connectivity index (χ3n) is 4.36. The van der Waals surface area contributed by atoms with Gasteiger partial charge in [-0.15, -0.1) is 11.3 Å². The fourth-order valence-corrected chi connectivity index (χ4v) is 4.60. The van der Waals surface area contributed by atoms with Crippen LogP contribution in [0.3, 0.4) is 0 Å². The highest BCUT2D eigenvalue weighted by atomic mass is 32.1. The summed E-state index contributed by atoms with van der Waals surface area (Å²) in [6.45, 7) is 10.4. The molecule has 0 bridgehead atoms. The summed E-state index contributed by atoms with van der Waals surface area (Å²) in [7, 11) is 0. The lowest BCUT2D eigenvalue weighted by Crippen LogP contribution is -2.29. The van der Waals surface area contributed by atoms with Crippen molar-refractivity contribution in [2.24, 2.45) is 0 Å². The van der Waals surface area contributed by atoms with Gasteiger partial charge in [-0.25, -0.2) is 4.98 Å². The summed E-state index contributed by atoms with van der Waals surface area (Å²) < 4.78 is 6.11. The molecule has 2 rings (SSSR count). The maximum absolute atomic E-state index is 6.11. The van der Waals surface area contributed by atoms with E-state index >= 15 is 0 Å². The van der Waals surface area contributed by atoms with Crippen molar-refractivity contribution in [3.05, 3.63) is 15.6 Å². The SMILES string of the molecule is CCNC1CCCc2sc(C(CC)(CC)OCC)nc21. The number of hydrogen-bond acceptors (Lipinski definition) is 4. The third kappa shape index (κ3) is 2.92. The van der Waals surface area contributed by atoms with Gasteiger partial charge in [-0.2, -0.15) is 0 Å². The lowest BCUT2D eigenvalue weighted by molar-refractivity contribution is -0.0507. The highest BCUT2D eigenvalue weighted by Gasteiger charge is 2.35. The van der Waals surface area contributed by atoms with E-state index in [0.29, 0.717) is 6.04 Å². The van der Waals surface area contributed by atoms with Crippen LogP contribution in [0.15, 0.2) is 0 Å². The fourth-order valence-electron chi connectivity index (χ4n) is 3.15. The van der Waals surface area contributed by atoms with E-state index in [2.05, 4.69) is 33.0 Å².